The fraction of sp³-hybridized carbons (Fsp3) is 1.00. The quantitative estimate of drug-likeness (QED) is 0.736. The Bertz CT molecular complexity index is 248. The molecule has 0 saturated carbocycles. The first-order valence-electron chi connectivity index (χ1n) is 5.83. The van der Waals surface area contributed by atoms with E-state index in [4.69, 9.17) is 13.3 Å². The molecule has 0 bridgehead atoms. The van der Waals surface area contributed by atoms with E-state index in [0.717, 1.165) is 6.92 Å². The van der Waals surface area contributed by atoms with E-state index in [1.807, 2.05) is 0 Å². The predicted molar refractivity (Wildman–Crippen MR) is 58.6 cm³/mol. The molecule has 0 N–H and O–H groups in total. The minimum Gasteiger partial charge on any atom is -0.374 e. The zero-order valence-electron chi connectivity index (χ0n) is 10.4. The molecule has 17 heavy (non-hydrogen) atoms. The Kier molecular flexibility index (Phi) is 4.62. The van der Waals surface area contributed by atoms with E-state index >= 15 is 0 Å². The Morgan fingerprint density at radius 3 is 2.18 bits per heavy atom. The number of halogens is 3. The Morgan fingerprint density at radius 2 is 1.76 bits per heavy atom. The molecular formula is C10H19F3O3Si. The van der Waals surface area contributed by atoms with Crippen LogP contribution in [0.2, 0.25) is 6.04 Å². The van der Waals surface area contributed by atoms with Gasteiger partial charge in [0.1, 0.15) is 0 Å². The third-order valence-corrected chi connectivity index (χ3v) is 6.03. The second kappa shape index (κ2) is 5.25. The van der Waals surface area contributed by atoms with E-state index < -0.39 is 20.6 Å². The largest absolute Gasteiger partial charge is 0.501 e. The highest BCUT2D eigenvalue weighted by Crippen LogP contribution is 2.44. The molecule has 1 rings (SSSR count). The lowest BCUT2D eigenvalue weighted by Crippen LogP contribution is -2.60. The van der Waals surface area contributed by atoms with E-state index in [0.29, 0.717) is 25.7 Å². The highest BCUT2D eigenvalue weighted by Gasteiger charge is 2.61. The van der Waals surface area contributed by atoms with Crippen LogP contribution in [0.4, 0.5) is 13.2 Å². The van der Waals surface area contributed by atoms with Gasteiger partial charge in [-0.25, -0.2) is 0 Å². The second-order valence-electron chi connectivity index (χ2n) is 4.23. The van der Waals surface area contributed by atoms with Crippen LogP contribution < -0.4 is 0 Å². The summed E-state index contributed by atoms with van der Waals surface area (Å²) >= 11 is 0. The summed E-state index contributed by atoms with van der Waals surface area (Å²) in [6, 6.07) is 0.459. The van der Waals surface area contributed by atoms with Gasteiger partial charge in [-0.15, -0.1) is 0 Å². The summed E-state index contributed by atoms with van der Waals surface area (Å²) in [7, 11) is -3.15. The molecular weight excluding hydrogens is 253 g/mol. The number of rotatable bonds is 4. The Labute approximate surface area is 101 Å². The van der Waals surface area contributed by atoms with Gasteiger partial charge in [0.25, 0.3) is 0 Å². The molecule has 0 radical (unpaired) electrons. The maximum absolute atomic E-state index is 12.9. The first-order chi connectivity index (χ1) is 7.79. The van der Waals surface area contributed by atoms with Crippen molar-refractivity contribution >= 4 is 8.80 Å². The van der Waals surface area contributed by atoms with Gasteiger partial charge in [-0.1, -0.05) is 0 Å². The summed E-state index contributed by atoms with van der Waals surface area (Å²) < 4.78 is 54.9. The van der Waals surface area contributed by atoms with Gasteiger partial charge in [-0.2, -0.15) is 13.2 Å². The van der Waals surface area contributed by atoms with Crippen LogP contribution in [-0.2, 0) is 13.3 Å². The monoisotopic (exact) mass is 272 g/mol. The Balaban J connectivity index is 2.88. The highest BCUT2D eigenvalue weighted by molar-refractivity contribution is 6.61. The van der Waals surface area contributed by atoms with Crippen molar-refractivity contribution in [3.63, 3.8) is 0 Å². The van der Waals surface area contributed by atoms with Crippen molar-refractivity contribution in [1.29, 1.82) is 0 Å². The van der Waals surface area contributed by atoms with Gasteiger partial charge in [0.2, 0.25) is 0 Å². The number of hydrogen-bond acceptors (Lipinski definition) is 3. The molecule has 1 aliphatic heterocycles. The Morgan fingerprint density at radius 1 is 1.24 bits per heavy atom. The molecule has 1 fully saturated rings. The number of hydrogen-bond donors (Lipinski definition) is 0. The van der Waals surface area contributed by atoms with Gasteiger partial charge in [0.05, 0.1) is 0 Å². The lowest BCUT2D eigenvalue weighted by atomic mass is 10.0. The topological polar surface area (TPSA) is 27.7 Å². The molecule has 1 aliphatic rings. The minimum atomic E-state index is -4.39. The molecule has 0 aliphatic carbocycles. The van der Waals surface area contributed by atoms with Gasteiger partial charge >= 0.3 is 15.0 Å². The molecule has 0 amide bonds. The van der Waals surface area contributed by atoms with E-state index in [1.165, 1.54) is 0 Å². The standard InChI is InChI=1S/C10H19F3O3Si/c1-4-14-17(15-5-2)8-6-7-9(3,16-17)10(11,12)13/h4-8H2,1-3H3. The van der Waals surface area contributed by atoms with Crippen LogP contribution in [0.3, 0.4) is 0 Å². The van der Waals surface area contributed by atoms with Crippen molar-refractivity contribution in [1.82, 2.24) is 0 Å². The molecule has 1 atom stereocenters. The fourth-order valence-corrected chi connectivity index (χ4v) is 4.96. The van der Waals surface area contributed by atoms with Crippen LogP contribution in [0.1, 0.15) is 33.6 Å². The zero-order chi connectivity index (χ0) is 13.2. The van der Waals surface area contributed by atoms with E-state index in [1.54, 1.807) is 13.8 Å². The van der Waals surface area contributed by atoms with Gasteiger partial charge in [0, 0.05) is 19.3 Å². The van der Waals surface area contributed by atoms with Gasteiger partial charge < -0.3 is 13.3 Å². The lowest BCUT2D eigenvalue weighted by Gasteiger charge is -2.43. The summed E-state index contributed by atoms with van der Waals surface area (Å²) in [6.07, 6.45) is -4.01. The predicted octanol–water partition coefficient (Wildman–Crippen LogP) is 3.13. The maximum atomic E-state index is 12.9. The summed E-state index contributed by atoms with van der Waals surface area (Å²) in [6.45, 7) is 5.15. The Hall–Kier alpha value is -0.113. The molecule has 1 unspecified atom stereocenters. The average molecular weight is 272 g/mol. The highest BCUT2D eigenvalue weighted by atomic mass is 28.4. The van der Waals surface area contributed by atoms with E-state index in [-0.39, 0.29) is 6.42 Å². The molecule has 1 heterocycles. The molecule has 0 aromatic rings. The van der Waals surface area contributed by atoms with Gasteiger partial charge in [-0.3, -0.25) is 0 Å². The van der Waals surface area contributed by atoms with Crippen LogP contribution in [-0.4, -0.2) is 33.8 Å². The van der Waals surface area contributed by atoms with Gasteiger partial charge in [0.15, 0.2) is 5.60 Å². The van der Waals surface area contributed by atoms with Crippen LogP contribution >= 0.6 is 0 Å². The van der Waals surface area contributed by atoms with Gasteiger partial charge in [-0.05, 0) is 33.6 Å². The fourth-order valence-electron chi connectivity index (χ4n) is 1.97. The van der Waals surface area contributed by atoms with Crippen LogP contribution in [0, 0.1) is 0 Å². The van der Waals surface area contributed by atoms with Crippen LogP contribution in [0.15, 0.2) is 0 Å². The zero-order valence-corrected chi connectivity index (χ0v) is 11.4. The summed E-state index contributed by atoms with van der Waals surface area (Å²) in [5.41, 5.74) is -2.14. The lowest BCUT2D eigenvalue weighted by molar-refractivity contribution is -0.262. The van der Waals surface area contributed by atoms with Crippen molar-refractivity contribution in [2.45, 2.75) is 51.4 Å². The molecule has 3 nitrogen and oxygen atoms in total. The summed E-state index contributed by atoms with van der Waals surface area (Å²) in [5.74, 6) is 0. The molecule has 0 aromatic heterocycles. The normalized spacial score (nSPS) is 29.3. The van der Waals surface area contributed by atoms with E-state index in [2.05, 4.69) is 0 Å². The molecule has 102 valence electrons. The molecule has 0 aromatic carbocycles. The van der Waals surface area contributed by atoms with Crippen molar-refractivity contribution in [3.05, 3.63) is 0 Å². The van der Waals surface area contributed by atoms with Crippen LogP contribution in [0.5, 0.6) is 0 Å². The third-order valence-electron chi connectivity index (χ3n) is 2.85. The summed E-state index contributed by atoms with van der Waals surface area (Å²) in [5, 5.41) is 0. The smallest absolute Gasteiger partial charge is 0.374 e. The SMILES string of the molecule is CCO[Si]1(OCC)CCCC(C)(C(F)(F)F)O1. The maximum Gasteiger partial charge on any atom is 0.501 e. The summed E-state index contributed by atoms with van der Waals surface area (Å²) in [4.78, 5) is 0. The molecule has 7 heteroatoms. The van der Waals surface area contributed by atoms with Crippen molar-refractivity contribution in [3.8, 4) is 0 Å². The second-order valence-corrected chi connectivity index (χ2v) is 6.88. The first kappa shape index (κ1) is 14.9. The van der Waals surface area contributed by atoms with Crippen molar-refractivity contribution in [2.24, 2.45) is 0 Å². The van der Waals surface area contributed by atoms with E-state index in [9.17, 15) is 13.2 Å². The molecule has 0 spiro atoms. The first-order valence-corrected chi connectivity index (χ1v) is 7.76. The minimum absolute atomic E-state index is 0.0363. The van der Waals surface area contributed by atoms with Crippen molar-refractivity contribution < 1.29 is 26.4 Å². The van der Waals surface area contributed by atoms with Crippen molar-refractivity contribution in [2.75, 3.05) is 13.2 Å². The molecule has 1 saturated heterocycles. The van der Waals surface area contributed by atoms with Crippen LogP contribution in [0.25, 0.3) is 0 Å². The number of alkyl halides is 3. The third kappa shape index (κ3) is 3.21. The average Bonchev–Trinajstić information content (AvgIpc) is 2.16.